The van der Waals surface area contributed by atoms with Crippen LogP contribution in [-0.2, 0) is 11.3 Å². The Hall–Kier alpha value is -1.77. The van der Waals surface area contributed by atoms with Crippen LogP contribution in [-0.4, -0.2) is 45.8 Å². The van der Waals surface area contributed by atoms with Crippen LogP contribution >= 0.6 is 12.2 Å². The van der Waals surface area contributed by atoms with Gasteiger partial charge in [0.25, 0.3) is 0 Å². The minimum Gasteiger partial charge on any atom is -0.505 e. The number of aromatic nitrogens is 1. The molecular weight excluding hydrogens is 304 g/mol. The smallest absolute Gasteiger partial charge is 0.187 e. The van der Waals surface area contributed by atoms with Gasteiger partial charge in [-0.3, -0.25) is 10.4 Å². The number of aliphatic hydroxyl groups is 1. The van der Waals surface area contributed by atoms with E-state index in [-0.39, 0.29) is 18.5 Å². The fourth-order valence-electron chi connectivity index (χ4n) is 2.13. The highest BCUT2D eigenvalue weighted by molar-refractivity contribution is 7.80. The van der Waals surface area contributed by atoms with Crippen molar-refractivity contribution in [2.75, 3.05) is 13.2 Å². The molecule has 0 aliphatic carbocycles. The first-order chi connectivity index (χ1) is 10.6. The van der Waals surface area contributed by atoms with Crippen LogP contribution in [0.25, 0.3) is 0 Å². The molecule has 0 spiro atoms. The lowest BCUT2D eigenvalue weighted by Gasteiger charge is -2.12. The highest BCUT2D eigenvalue weighted by Crippen LogP contribution is 2.21. The highest BCUT2D eigenvalue weighted by atomic mass is 32.1. The van der Waals surface area contributed by atoms with E-state index in [9.17, 15) is 10.2 Å². The second kappa shape index (κ2) is 8.02. The lowest BCUT2D eigenvalue weighted by atomic mass is 10.1. The molecule has 0 bridgehead atoms. The van der Waals surface area contributed by atoms with E-state index in [4.69, 9.17) is 17.0 Å². The van der Waals surface area contributed by atoms with E-state index in [1.54, 1.807) is 6.92 Å². The van der Waals surface area contributed by atoms with Crippen LogP contribution in [0.5, 0.6) is 5.75 Å². The Morgan fingerprint density at radius 3 is 3.14 bits per heavy atom. The summed E-state index contributed by atoms with van der Waals surface area (Å²) < 4.78 is 5.48. The zero-order valence-corrected chi connectivity index (χ0v) is 13.2. The van der Waals surface area contributed by atoms with Crippen LogP contribution in [0.4, 0.5) is 0 Å². The Kier molecular flexibility index (Phi) is 6.05. The fraction of sp³-hybridized carbons (Fsp3) is 0.500. The molecule has 1 aliphatic rings. The predicted molar refractivity (Wildman–Crippen MR) is 86.9 cm³/mol. The molecule has 7 nitrogen and oxygen atoms in total. The number of nitrogens with one attached hydrogen (secondary N) is 2. The second-order valence-electron chi connectivity index (χ2n) is 5.00. The van der Waals surface area contributed by atoms with Gasteiger partial charge in [0.2, 0.25) is 0 Å². The molecule has 1 aliphatic heterocycles. The van der Waals surface area contributed by atoms with Crippen LogP contribution in [0.15, 0.2) is 11.3 Å². The van der Waals surface area contributed by atoms with Crippen molar-refractivity contribution in [1.82, 2.24) is 15.7 Å². The minimum atomic E-state index is -0.232. The van der Waals surface area contributed by atoms with Crippen LogP contribution in [0, 0.1) is 6.92 Å². The Morgan fingerprint density at radius 1 is 1.64 bits per heavy atom. The topological polar surface area (TPSA) is 99.0 Å². The van der Waals surface area contributed by atoms with E-state index in [1.165, 1.54) is 12.4 Å². The van der Waals surface area contributed by atoms with Crippen LogP contribution in [0.1, 0.15) is 29.7 Å². The van der Waals surface area contributed by atoms with E-state index >= 15 is 0 Å². The third-order valence-electron chi connectivity index (χ3n) is 3.40. The third kappa shape index (κ3) is 4.36. The van der Waals surface area contributed by atoms with Gasteiger partial charge in [0, 0.05) is 30.5 Å². The molecule has 4 N–H and O–H groups in total. The summed E-state index contributed by atoms with van der Waals surface area (Å²) >= 11 is 5.11. The standard InChI is InChI=1S/C14H20N4O3S/c1-9-13(20)12(10(8-19)5-15-9)7-17-18-14(22)16-6-11-3-2-4-21-11/h5,7,11,19-20H,2-4,6,8H2,1H3,(H2,16,18,22)/b17-7+/t11-/m0/s1. The molecule has 1 atom stereocenters. The number of rotatable bonds is 5. The second-order valence-corrected chi connectivity index (χ2v) is 5.41. The van der Waals surface area contributed by atoms with Gasteiger partial charge < -0.3 is 20.3 Å². The van der Waals surface area contributed by atoms with Crippen molar-refractivity contribution in [3.05, 3.63) is 23.0 Å². The molecule has 0 radical (unpaired) electrons. The van der Waals surface area contributed by atoms with Crippen LogP contribution < -0.4 is 10.7 Å². The zero-order chi connectivity index (χ0) is 15.9. The van der Waals surface area contributed by atoms with Gasteiger partial charge in [-0.25, -0.2) is 0 Å². The molecule has 1 aromatic heterocycles. The Balaban J connectivity index is 1.89. The number of thiocarbonyl (C=S) groups is 1. The lowest BCUT2D eigenvalue weighted by Crippen LogP contribution is -2.37. The molecule has 2 heterocycles. The molecule has 0 amide bonds. The summed E-state index contributed by atoms with van der Waals surface area (Å²) in [6, 6.07) is 0. The number of hydrazone groups is 1. The van der Waals surface area contributed by atoms with Crippen molar-refractivity contribution in [3.63, 3.8) is 0 Å². The van der Waals surface area contributed by atoms with Gasteiger partial charge in [-0.15, -0.1) is 0 Å². The Bertz CT molecular complexity index is 559. The summed E-state index contributed by atoms with van der Waals surface area (Å²) in [5, 5.41) is 26.6. The molecule has 8 heteroatoms. The molecule has 0 aromatic carbocycles. The van der Waals surface area contributed by atoms with Gasteiger partial charge >= 0.3 is 0 Å². The molecule has 1 saturated heterocycles. The molecular formula is C14H20N4O3S. The van der Waals surface area contributed by atoms with E-state index in [1.807, 2.05) is 0 Å². The molecule has 1 fully saturated rings. The summed E-state index contributed by atoms with van der Waals surface area (Å²) in [5.74, 6) is -0.00432. The molecule has 0 saturated carbocycles. The quantitative estimate of drug-likeness (QED) is 0.357. The van der Waals surface area contributed by atoms with Crippen molar-refractivity contribution >= 4 is 23.5 Å². The normalized spacial score (nSPS) is 17.8. The number of ether oxygens (including phenoxy) is 1. The third-order valence-corrected chi connectivity index (χ3v) is 3.64. The number of hydrogen-bond donors (Lipinski definition) is 4. The van der Waals surface area contributed by atoms with Crippen molar-refractivity contribution < 1.29 is 14.9 Å². The van der Waals surface area contributed by atoms with Gasteiger partial charge in [-0.05, 0) is 32.0 Å². The molecule has 120 valence electrons. The highest BCUT2D eigenvalue weighted by Gasteiger charge is 2.15. The molecule has 1 aromatic rings. The van der Waals surface area contributed by atoms with Gasteiger partial charge in [0.05, 0.1) is 24.6 Å². The first kappa shape index (κ1) is 16.6. The van der Waals surface area contributed by atoms with E-state index < -0.39 is 0 Å². The maximum atomic E-state index is 9.96. The van der Waals surface area contributed by atoms with E-state index in [2.05, 4.69) is 20.8 Å². The summed E-state index contributed by atoms with van der Waals surface area (Å²) in [5.41, 5.74) is 4.06. The van der Waals surface area contributed by atoms with Crippen LogP contribution in [0.2, 0.25) is 0 Å². The maximum Gasteiger partial charge on any atom is 0.187 e. The fourth-order valence-corrected chi connectivity index (χ4v) is 2.27. The van der Waals surface area contributed by atoms with Gasteiger partial charge in [-0.2, -0.15) is 5.10 Å². The van der Waals surface area contributed by atoms with Crippen molar-refractivity contribution in [1.29, 1.82) is 0 Å². The average molecular weight is 324 g/mol. The van der Waals surface area contributed by atoms with Crippen molar-refractivity contribution in [2.45, 2.75) is 32.5 Å². The molecule has 2 rings (SSSR count). The number of aryl methyl sites for hydroxylation is 1. The monoisotopic (exact) mass is 324 g/mol. The van der Waals surface area contributed by atoms with Crippen molar-refractivity contribution in [3.8, 4) is 5.75 Å². The summed E-state index contributed by atoms with van der Waals surface area (Å²) in [4.78, 5) is 3.98. The lowest BCUT2D eigenvalue weighted by molar-refractivity contribution is 0.114. The van der Waals surface area contributed by atoms with Gasteiger partial charge in [-0.1, -0.05) is 0 Å². The average Bonchev–Trinajstić information content (AvgIpc) is 3.03. The molecule has 22 heavy (non-hydrogen) atoms. The number of aromatic hydroxyl groups is 1. The first-order valence-corrected chi connectivity index (χ1v) is 7.49. The maximum absolute atomic E-state index is 9.96. The number of aliphatic hydroxyl groups excluding tert-OH is 1. The number of pyridine rings is 1. The van der Waals surface area contributed by atoms with Crippen molar-refractivity contribution in [2.24, 2.45) is 5.10 Å². The first-order valence-electron chi connectivity index (χ1n) is 7.08. The Labute approximate surface area is 134 Å². The van der Waals surface area contributed by atoms with E-state index in [0.29, 0.717) is 28.5 Å². The largest absolute Gasteiger partial charge is 0.505 e. The molecule has 0 unspecified atom stereocenters. The number of nitrogens with zero attached hydrogens (tertiary/aromatic N) is 2. The number of hydrogen-bond acceptors (Lipinski definition) is 6. The zero-order valence-electron chi connectivity index (χ0n) is 12.4. The summed E-state index contributed by atoms with van der Waals surface area (Å²) in [7, 11) is 0. The predicted octanol–water partition coefficient (Wildman–Crippen LogP) is 0.565. The van der Waals surface area contributed by atoms with Gasteiger partial charge in [0.15, 0.2) is 5.11 Å². The summed E-state index contributed by atoms with van der Waals surface area (Å²) in [6.07, 6.45) is 5.22. The van der Waals surface area contributed by atoms with Gasteiger partial charge in [0.1, 0.15) is 5.75 Å². The Morgan fingerprint density at radius 2 is 2.45 bits per heavy atom. The minimum absolute atomic E-state index is 0.00432. The van der Waals surface area contributed by atoms with E-state index in [0.717, 1.165) is 19.4 Å². The van der Waals surface area contributed by atoms with Crippen LogP contribution in [0.3, 0.4) is 0 Å². The SMILES string of the molecule is Cc1ncc(CO)c(/C=N/NC(=S)NC[C@@H]2CCCO2)c1O. The summed E-state index contributed by atoms with van der Waals surface area (Å²) in [6.45, 7) is 2.89.